The highest BCUT2D eigenvalue weighted by Gasteiger charge is 2.20. The summed E-state index contributed by atoms with van der Waals surface area (Å²) in [5.41, 5.74) is -0.533. The van der Waals surface area contributed by atoms with Crippen molar-refractivity contribution in [2.45, 2.75) is 43.5 Å². The van der Waals surface area contributed by atoms with Crippen LogP contribution in [0.2, 0.25) is 0 Å². The molecule has 0 aliphatic carbocycles. The van der Waals surface area contributed by atoms with Crippen LogP contribution in [0.3, 0.4) is 0 Å². The van der Waals surface area contributed by atoms with Gasteiger partial charge in [0.25, 0.3) is 0 Å². The standard InChI is InChI=1S/C18H24N2O9S/c1-11(17(25)20-12(10-21)8-16(23)24)4-2-3-7-19-30(28,29)13-5-6-15(22)14(9-13)18(26)27/h5-6,9-12,19,22H,2-4,7-8H2,1H3,(H,20,25)(H,23,24)(H,26,27)/t11?,12-/m0/s1. The second kappa shape index (κ2) is 11.3. The van der Waals surface area contributed by atoms with Gasteiger partial charge in [-0.1, -0.05) is 13.3 Å². The van der Waals surface area contributed by atoms with Crippen LogP contribution in [0.4, 0.5) is 0 Å². The number of unbranched alkanes of at least 4 members (excludes halogenated alkanes) is 1. The van der Waals surface area contributed by atoms with Gasteiger partial charge in [-0.15, -0.1) is 0 Å². The van der Waals surface area contributed by atoms with Gasteiger partial charge in [-0.25, -0.2) is 17.9 Å². The van der Waals surface area contributed by atoms with Gasteiger partial charge >= 0.3 is 11.9 Å². The first-order valence-corrected chi connectivity index (χ1v) is 10.5. The molecule has 0 saturated heterocycles. The van der Waals surface area contributed by atoms with Crippen molar-refractivity contribution in [3.05, 3.63) is 23.8 Å². The third kappa shape index (κ3) is 7.79. The molecule has 1 aromatic carbocycles. The van der Waals surface area contributed by atoms with Crippen LogP contribution in [-0.2, 0) is 24.4 Å². The van der Waals surface area contributed by atoms with Crippen molar-refractivity contribution in [3.63, 3.8) is 0 Å². The summed E-state index contributed by atoms with van der Waals surface area (Å²) in [6, 6.07) is 1.81. The van der Waals surface area contributed by atoms with Crippen LogP contribution >= 0.6 is 0 Å². The van der Waals surface area contributed by atoms with Crippen LogP contribution in [0, 0.1) is 5.92 Å². The average Bonchev–Trinajstić information content (AvgIpc) is 2.66. The molecule has 166 valence electrons. The second-order valence-corrected chi connectivity index (χ2v) is 8.39. The number of phenols is 1. The molecular weight excluding hydrogens is 420 g/mol. The molecule has 0 aliphatic heterocycles. The van der Waals surface area contributed by atoms with E-state index in [1.54, 1.807) is 6.92 Å². The summed E-state index contributed by atoms with van der Waals surface area (Å²) < 4.78 is 26.8. The first-order chi connectivity index (χ1) is 14.0. The van der Waals surface area contributed by atoms with Gasteiger partial charge in [0.05, 0.1) is 17.4 Å². The van der Waals surface area contributed by atoms with Gasteiger partial charge in [0.15, 0.2) is 0 Å². The highest BCUT2D eigenvalue weighted by Crippen LogP contribution is 2.21. The van der Waals surface area contributed by atoms with Gasteiger partial charge < -0.3 is 25.4 Å². The second-order valence-electron chi connectivity index (χ2n) is 6.63. The van der Waals surface area contributed by atoms with E-state index in [2.05, 4.69) is 10.0 Å². The molecule has 5 N–H and O–H groups in total. The molecule has 2 atom stereocenters. The number of aromatic hydroxyl groups is 1. The summed E-state index contributed by atoms with van der Waals surface area (Å²) in [5.74, 6) is -4.20. The summed E-state index contributed by atoms with van der Waals surface area (Å²) in [6.07, 6.45) is 1.08. The van der Waals surface area contributed by atoms with Gasteiger partial charge in [-0.3, -0.25) is 9.59 Å². The van der Waals surface area contributed by atoms with Crippen LogP contribution in [0.25, 0.3) is 0 Å². The molecule has 0 radical (unpaired) electrons. The average molecular weight is 444 g/mol. The summed E-state index contributed by atoms with van der Waals surface area (Å²) in [5, 5.41) is 29.4. The molecule has 0 aromatic heterocycles. The lowest BCUT2D eigenvalue weighted by molar-refractivity contribution is -0.139. The molecule has 1 unspecified atom stereocenters. The highest BCUT2D eigenvalue weighted by atomic mass is 32.2. The number of nitrogens with one attached hydrogen (secondary N) is 2. The maximum absolute atomic E-state index is 12.2. The van der Waals surface area contributed by atoms with E-state index in [4.69, 9.17) is 10.2 Å². The number of hydrogen-bond acceptors (Lipinski definition) is 7. The smallest absolute Gasteiger partial charge is 0.339 e. The van der Waals surface area contributed by atoms with Gasteiger partial charge in [0.1, 0.15) is 17.6 Å². The number of aromatic carboxylic acids is 1. The van der Waals surface area contributed by atoms with E-state index in [0.717, 1.165) is 18.2 Å². The van der Waals surface area contributed by atoms with Gasteiger partial charge in [-0.05, 0) is 31.0 Å². The zero-order valence-corrected chi connectivity index (χ0v) is 17.0. The van der Waals surface area contributed by atoms with Crippen molar-refractivity contribution in [1.82, 2.24) is 10.0 Å². The SMILES string of the molecule is CC(CCCCNS(=O)(=O)c1ccc(O)c(C(=O)O)c1)C(=O)N[C@H](C=O)CC(=O)O. The topological polar surface area (TPSA) is 187 Å². The van der Waals surface area contributed by atoms with E-state index >= 15 is 0 Å². The Balaban J connectivity index is 2.48. The van der Waals surface area contributed by atoms with Crippen LogP contribution in [0.5, 0.6) is 5.75 Å². The Kier molecular flexibility index (Phi) is 9.40. The lowest BCUT2D eigenvalue weighted by Gasteiger charge is -2.15. The van der Waals surface area contributed by atoms with Crippen molar-refractivity contribution in [1.29, 1.82) is 0 Å². The maximum Gasteiger partial charge on any atom is 0.339 e. The number of carboxylic acid groups (broad SMARTS) is 2. The highest BCUT2D eigenvalue weighted by molar-refractivity contribution is 7.89. The quantitative estimate of drug-likeness (QED) is 0.211. The lowest BCUT2D eigenvalue weighted by atomic mass is 10.0. The monoisotopic (exact) mass is 444 g/mol. The number of amides is 1. The first-order valence-electron chi connectivity index (χ1n) is 9.01. The van der Waals surface area contributed by atoms with E-state index in [0.29, 0.717) is 25.5 Å². The van der Waals surface area contributed by atoms with Crippen LogP contribution in [0.15, 0.2) is 23.1 Å². The number of aldehydes is 1. The van der Waals surface area contributed by atoms with Crippen LogP contribution in [0.1, 0.15) is 43.0 Å². The fourth-order valence-electron chi connectivity index (χ4n) is 2.50. The van der Waals surface area contributed by atoms with Crippen LogP contribution < -0.4 is 10.0 Å². The molecule has 0 heterocycles. The minimum atomic E-state index is -3.98. The lowest BCUT2D eigenvalue weighted by Crippen LogP contribution is -2.40. The molecule has 0 bridgehead atoms. The molecule has 0 aliphatic rings. The van der Waals surface area contributed by atoms with Crippen molar-refractivity contribution in [2.75, 3.05) is 6.54 Å². The number of hydrogen-bond donors (Lipinski definition) is 5. The fraction of sp³-hybridized carbons (Fsp3) is 0.444. The Hall–Kier alpha value is -2.99. The Morgan fingerprint density at radius 3 is 2.40 bits per heavy atom. The number of carbonyl (C=O) groups excluding carboxylic acids is 2. The molecule has 30 heavy (non-hydrogen) atoms. The number of carboxylic acids is 2. The van der Waals surface area contributed by atoms with Crippen molar-refractivity contribution in [3.8, 4) is 5.75 Å². The Morgan fingerprint density at radius 1 is 1.17 bits per heavy atom. The largest absolute Gasteiger partial charge is 0.507 e. The molecule has 11 nitrogen and oxygen atoms in total. The number of carbonyl (C=O) groups is 4. The number of aliphatic carboxylic acids is 1. The first kappa shape index (κ1) is 25.0. The van der Waals surface area contributed by atoms with Gasteiger partial charge in [-0.2, -0.15) is 0 Å². The van der Waals surface area contributed by atoms with Gasteiger partial charge in [0, 0.05) is 12.5 Å². The molecule has 1 aromatic rings. The summed E-state index contributed by atoms with van der Waals surface area (Å²) >= 11 is 0. The number of rotatable bonds is 13. The minimum Gasteiger partial charge on any atom is -0.507 e. The van der Waals surface area contributed by atoms with Crippen molar-refractivity contribution >= 4 is 34.2 Å². The molecule has 1 rings (SSSR count). The zero-order valence-electron chi connectivity index (χ0n) is 16.2. The molecular formula is C18H24N2O9S. The summed E-state index contributed by atoms with van der Waals surface area (Å²) in [7, 11) is -3.98. The van der Waals surface area contributed by atoms with Crippen LogP contribution in [-0.4, -0.2) is 60.5 Å². The summed E-state index contributed by atoms with van der Waals surface area (Å²) in [4.78, 5) is 44.1. The molecule has 12 heteroatoms. The number of benzene rings is 1. The zero-order chi connectivity index (χ0) is 22.9. The van der Waals surface area contributed by atoms with Gasteiger partial charge in [0.2, 0.25) is 15.9 Å². The normalized spacial score (nSPS) is 13.2. The molecule has 0 spiro atoms. The van der Waals surface area contributed by atoms with E-state index in [9.17, 15) is 32.7 Å². The maximum atomic E-state index is 12.2. The predicted octanol–water partition coefficient (Wildman–Crippen LogP) is 0.334. The third-order valence-electron chi connectivity index (χ3n) is 4.20. The third-order valence-corrected chi connectivity index (χ3v) is 5.66. The minimum absolute atomic E-state index is 0.0376. The fourth-order valence-corrected chi connectivity index (χ4v) is 3.60. The molecule has 0 saturated carbocycles. The Morgan fingerprint density at radius 2 is 1.83 bits per heavy atom. The van der Waals surface area contributed by atoms with E-state index in [1.807, 2.05) is 0 Å². The van der Waals surface area contributed by atoms with E-state index < -0.39 is 57.6 Å². The molecule has 0 fully saturated rings. The Labute approximate surface area is 173 Å². The summed E-state index contributed by atoms with van der Waals surface area (Å²) in [6.45, 7) is 1.64. The van der Waals surface area contributed by atoms with E-state index in [-0.39, 0.29) is 11.4 Å². The Bertz CT molecular complexity index is 899. The number of sulfonamides is 1. The predicted molar refractivity (Wildman–Crippen MR) is 104 cm³/mol. The van der Waals surface area contributed by atoms with Crippen molar-refractivity contribution < 1.29 is 42.9 Å². The van der Waals surface area contributed by atoms with E-state index in [1.165, 1.54) is 0 Å². The molecule has 1 amide bonds. The van der Waals surface area contributed by atoms with Crippen molar-refractivity contribution in [2.24, 2.45) is 5.92 Å².